The maximum Gasteiger partial charge on any atom is 0.220 e. The summed E-state index contributed by atoms with van der Waals surface area (Å²) in [6, 6.07) is 0. The van der Waals surface area contributed by atoms with Crippen LogP contribution in [-0.4, -0.2) is 43.2 Å². The fraction of sp³-hybridized carbons (Fsp3) is 0.900. The quantitative estimate of drug-likeness (QED) is 0.232. The van der Waals surface area contributed by atoms with E-state index >= 15 is 0 Å². The maximum atomic E-state index is 11.5. The molecule has 6 nitrogen and oxygen atoms in total. The molecule has 0 aliphatic carbocycles. The molecule has 0 aromatic rings. The highest BCUT2D eigenvalue weighted by Gasteiger charge is 2.17. The van der Waals surface area contributed by atoms with Crippen LogP contribution in [0.3, 0.4) is 0 Å². The van der Waals surface area contributed by atoms with Gasteiger partial charge in [0.15, 0.2) is 0 Å². The van der Waals surface area contributed by atoms with Crippen LogP contribution in [0.4, 0.5) is 0 Å². The molecule has 0 saturated carbocycles. The highest BCUT2D eigenvalue weighted by Crippen LogP contribution is 2.39. The Morgan fingerprint density at radius 3 is 3.17 bits per heavy atom. The van der Waals surface area contributed by atoms with Crippen molar-refractivity contribution in [1.82, 2.24) is 5.32 Å². The highest BCUT2D eigenvalue weighted by atomic mass is 33.1. The number of azide groups is 1. The number of carbonyl (C=O) groups is 1. The summed E-state index contributed by atoms with van der Waals surface area (Å²) >= 11 is 0. The summed E-state index contributed by atoms with van der Waals surface area (Å²) in [5, 5.41) is 6.80. The van der Waals surface area contributed by atoms with Gasteiger partial charge >= 0.3 is 0 Å². The first-order chi connectivity index (χ1) is 8.83. The van der Waals surface area contributed by atoms with E-state index in [-0.39, 0.29) is 5.91 Å². The van der Waals surface area contributed by atoms with Gasteiger partial charge in [-0.3, -0.25) is 4.79 Å². The topological polar surface area (TPSA) is 87.1 Å². The van der Waals surface area contributed by atoms with E-state index < -0.39 is 0 Å². The molecule has 0 bridgehead atoms. The number of rotatable bonds is 9. The second-order valence-electron chi connectivity index (χ2n) is 3.78. The van der Waals surface area contributed by atoms with E-state index in [1.807, 2.05) is 21.6 Å². The molecule has 1 rings (SSSR count). The van der Waals surface area contributed by atoms with E-state index in [4.69, 9.17) is 10.3 Å². The zero-order valence-corrected chi connectivity index (χ0v) is 11.8. The van der Waals surface area contributed by atoms with E-state index in [0.717, 1.165) is 6.42 Å². The number of carbonyl (C=O) groups excluding carboxylic acids is 1. The minimum absolute atomic E-state index is 0.0890. The molecule has 1 fully saturated rings. The zero-order chi connectivity index (χ0) is 13.1. The van der Waals surface area contributed by atoms with Crippen LogP contribution in [0.15, 0.2) is 5.11 Å². The number of amides is 1. The standard InChI is InChI=1S/C10H18N4O2S2/c11-14-13-5-7-16-6-4-12-10(15)2-1-9-3-8-17-18-9/h9H,1-8H2,(H,12,15). The lowest BCUT2D eigenvalue weighted by molar-refractivity contribution is -0.121. The number of hydrogen-bond acceptors (Lipinski definition) is 5. The second kappa shape index (κ2) is 10.4. The largest absolute Gasteiger partial charge is 0.379 e. The first-order valence-electron chi connectivity index (χ1n) is 5.96. The van der Waals surface area contributed by atoms with Crippen molar-refractivity contribution in [3.63, 3.8) is 0 Å². The molecular weight excluding hydrogens is 272 g/mol. The van der Waals surface area contributed by atoms with Crippen LogP contribution >= 0.6 is 21.6 Å². The molecule has 1 heterocycles. The average molecular weight is 290 g/mol. The Hall–Kier alpha value is -0.560. The van der Waals surface area contributed by atoms with Crippen LogP contribution in [0.25, 0.3) is 10.4 Å². The van der Waals surface area contributed by atoms with Gasteiger partial charge in [-0.25, -0.2) is 0 Å². The Bertz CT molecular complexity index is 292. The molecule has 1 saturated heterocycles. The normalized spacial score (nSPS) is 18.3. The van der Waals surface area contributed by atoms with E-state index in [0.29, 0.717) is 38.0 Å². The summed E-state index contributed by atoms with van der Waals surface area (Å²) in [5.41, 5.74) is 8.03. The molecule has 0 spiro atoms. The van der Waals surface area contributed by atoms with Crippen molar-refractivity contribution in [2.24, 2.45) is 5.11 Å². The van der Waals surface area contributed by atoms with Crippen molar-refractivity contribution < 1.29 is 9.53 Å². The summed E-state index contributed by atoms with van der Waals surface area (Å²) in [6.45, 7) is 1.71. The number of nitrogens with one attached hydrogen (secondary N) is 1. The van der Waals surface area contributed by atoms with Crippen LogP contribution in [0, 0.1) is 0 Å². The van der Waals surface area contributed by atoms with Crippen LogP contribution in [0.1, 0.15) is 19.3 Å². The van der Waals surface area contributed by atoms with Crippen LogP contribution in [-0.2, 0) is 9.53 Å². The van der Waals surface area contributed by atoms with Crippen molar-refractivity contribution in [3.05, 3.63) is 10.4 Å². The monoisotopic (exact) mass is 290 g/mol. The van der Waals surface area contributed by atoms with Crippen molar-refractivity contribution >= 4 is 27.5 Å². The van der Waals surface area contributed by atoms with Crippen LogP contribution < -0.4 is 5.32 Å². The van der Waals surface area contributed by atoms with Gasteiger partial charge in [0.1, 0.15) is 0 Å². The van der Waals surface area contributed by atoms with Crippen LogP contribution in [0.5, 0.6) is 0 Å². The van der Waals surface area contributed by atoms with Gasteiger partial charge in [-0.1, -0.05) is 26.7 Å². The first-order valence-corrected chi connectivity index (χ1v) is 8.34. The SMILES string of the molecule is [N-]=[N+]=NCCOCCNC(=O)CCC1CCSS1. The van der Waals surface area contributed by atoms with Gasteiger partial charge < -0.3 is 10.1 Å². The Kier molecular flexibility index (Phi) is 8.93. The van der Waals surface area contributed by atoms with Gasteiger partial charge in [0.25, 0.3) is 0 Å². The molecule has 0 aromatic heterocycles. The molecule has 1 aliphatic rings. The molecule has 1 unspecified atom stereocenters. The Balaban J connectivity index is 1.88. The van der Waals surface area contributed by atoms with Crippen molar-refractivity contribution in [2.45, 2.75) is 24.5 Å². The van der Waals surface area contributed by atoms with E-state index in [2.05, 4.69) is 15.3 Å². The molecule has 1 amide bonds. The number of nitrogens with zero attached hydrogens (tertiary/aromatic N) is 3. The van der Waals surface area contributed by atoms with Gasteiger partial charge in [-0.05, 0) is 18.4 Å². The number of hydrogen-bond donors (Lipinski definition) is 1. The van der Waals surface area contributed by atoms with Gasteiger partial charge in [0, 0.05) is 35.4 Å². The van der Waals surface area contributed by atoms with E-state index in [1.165, 1.54) is 12.2 Å². The summed E-state index contributed by atoms with van der Waals surface area (Å²) < 4.78 is 5.18. The number of ether oxygens (including phenoxy) is 1. The van der Waals surface area contributed by atoms with E-state index in [1.54, 1.807) is 0 Å². The van der Waals surface area contributed by atoms with Gasteiger partial charge in [-0.2, -0.15) is 0 Å². The van der Waals surface area contributed by atoms with Gasteiger partial charge in [0.2, 0.25) is 5.91 Å². The molecular formula is C10H18N4O2S2. The predicted molar refractivity (Wildman–Crippen MR) is 75.5 cm³/mol. The molecule has 1 atom stereocenters. The van der Waals surface area contributed by atoms with Crippen molar-refractivity contribution in [3.8, 4) is 0 Å². The summed E-state index contributed by atoms with van der Waals surface area (Å²) in [7, 11) is 3.79. The van der Waals surface area contributed by atoms with Crippen molar-refractivity contribution in [1.29, 1.82) is 0 Å². The fourth-order valence-corrected chi connectivity index (χ4v) is 4.44. The average Bonchev–Trinajstić information content (AvgIpc) is 2.88. The smallest absolute Gasteiger partial charge is 0.220 e. The maximum absolute atomic E-state index is 11.5. The summed E-state index contributed by atoms with van der Waals surface area (Å²) in [5.74, 6) is 1.29. The third kappa shape index (κ3) is 7.71. The Morgan fingerprint density at radius 1 is 1.56 bits per heavy atom. The molecule has 0 radical (unpaired) electrons. The minimum atomic E-state index is 0.0890. The lowest BCUT2D eigenvalue weighted by Gasteiger charge is -2.08. The molecule has 0 aromatic carbocycles. The fourth-order valence-electron chi connectivity index (χ4n) is 1.46. The summed E-state index contributed by atoms with van der Waals surface area (Å²) in [4.78, 5) is 14.1. The second-order valence-corrected chi connectivity index (χ2v) is 6.57. The van der Waals surface area contributed by atoms with E-state index in [9.17, 15) is 4.79 Å². The van der Waals surface area contributed by atoms with Crippen molar-refractivity contribution in [2.75, 3.05) is 32.1 Å². The Labute approximate surface area is 115 Å². The lowest BCUT2D eigenvalue weighted by atomic mass is 10.2. The molecule has 8 heteroatoms. The van der Waals surface area contributed by atoms with Crippen LogP contribution in [0.2, 0.25) is 0 Å². The zero-order valence-electron chi connectivity index (χ0n) is 10.2. The first kappa shape index (κ1) is 15.5. The minimum Gasteiger partial charge on any atom is -0.379 e. The van der Waals surface area contributed by atoms with Gasteiger partial charge in [-0.15, -0.1) is 0 Å². The third-order valence-electron chi connectivity index (χ3n) is 2.39. The lowest BCUT2D eigenvalue weighted by Crippen LogP contribution is -2.27. The molecule has 18 heavy (non-hydrogen) atoms. The third-order valence-corrected chi connectivity index (χ3v) is 5.39. The molecule has 102 valence electrons. The predicted octanol–water partition coefficient (Wildman–Crippen LogP) is 2.36. The summed E-state index contributed by atoms with van der Waals surface area (Å²) in [6.07, 6.45) is 2.77. The molecule has 1 aliphatic heterocycles. The Morgan fingerprint density at radius 2 is 2.44 bits per heavy atom. The highest BCUT2D eigenvalue weighted by molar-refractivity contribution is 8.77. The molecule has 1 N–H and O–H groups in total. The van der Waals surface area contributed by atoms with Gasteiger partial charge in [0.05, 0.1) is 13.2 Å².